The topological polar surface area (TPSA) is 135 Å². The molecule has 0 unspecified atom stereocenters. The lowest BCUT2D eigenvalue weighted by Gasteiger charge is -2.31. The molecule has 1 aliphatic rings. The zero-order valence-corrected chi connectivity index (χ0v) is 22.8. The molecule has 10 heteroatoms. The third kappa shape index (κ3) is 6.59. The summed E-state index contributed by atoms with van der Waals surface area (Å²) >= 11 is 0. The SMILES string of the molecule is COc1ccc(C(=O)C2CCN(C(=O)c3ccc(C(=O)Nc4ccc(Oc5ccc(C#N)cc5)cn4)cn3)CC2)cc1. The molecule has 2 amide bonds. The van der Waals surface area contributed by atoms with Gasteiger partial charge in [0, 0.05) is 30.8 Å². The second kappa shape index (κ2) is 12.7. The Balaban J connectivity index is 1.12. The Labute approximate surface area is 242 Å². The Morgan fingerprint density at radius 2 is 1.50 bits per heavy atom. The number of carbonyl (C=O) groups is 3. The van der Waals surface area contributed by atoms with E-state index in [0.717, 1.165) is 0 Å². The van der Waals surface area contributed by atoms with Gasteiger partial charge in [-0.1, -0.05) is 0 Å². The number of methoxy groups -OCH3 is 1. The van der Waals surface area contributed by atoms with Gasteiger partial charge in [-0.15, -0.1) is 0 Å². The minimum atomic E-state index is -0.424. The zero-order valence-electron chi connectivity index (χ0n) is 22.8. The minimum Gasteiger partial charge on any atom is -0.497 e. The first-order valence-electron chi connectivity index (χ1n) is 13.3. The van der Waals surface area contributed by atoms with Gasteiger partial charge in [-0.25, -0.2) is 4.98 Å². The van der Waals surface area contributed by atoms with Crippen molar-refractivity contribution in [2.24, 2.45) is 5.92 Å². The van der Waals surface area contributed by atoms with Gasteiger partial charge in [0.1, 0.15) is 28.8 Å². The van der Waals surface area contributed by atoms with Gasteiger partial charge in [0.25, 0.3) is 11.8 Å². The Kier molecular flexibility index (Phi) is 8.49. The normalized spacial score (nSPS) is 13.1. The predicted molar refractivity (Wildman–Crippen MR) is 154 cm³/mol. The number of piperidine rings is 1. The summed E-state index contributed by atoms with van der Waals surface area (Å²) in [6.45, 7) is 0.901. The van der Waals surface area contributed by atoms with Gasteiger partial charge in [0.2, 0.25) is 0 Å². The molecule has 0 aliphatic carbocycles. The quantitative estimate of drug-likeness (QED) is 0.292. The van der Waals surface area contributed by atoms with Gasteiger partial charge >= 0.3 is 0 Å². The Hall–Kier alpha value is -5.56. The number of amides is 2. The van der Waals surface area contributed by atoms with Crippen LogP contribution in [0.25, 0.3) is 0 Å². The summed E-state index contributed by atoms with van der Waals surface area (Å²) in [7, 11) is 1.58. The van der Waals surface area contributed by atoms with Crippen molar-refractivity contribution in [2.45, 2.75) is 12.8 Å². The fraction of sp³-hybridized carbons (Fsp3) is 0.188. The number of rotatable bonds is 8. The van der Waals surface area contributed by atoms with Gasteiger partial charge in [-0.3, -0.25) is 19.4 Å². The van der Waals surface area contributed by atoms with Gasteiger partial charge in [0.15, 0.2) is 5.78 Å². The van der Waals surface area contributed by atoms with Crippen molar-refractivity contribution in [3.63, 3.8) is 0 Å². The molecule has 0 atom stereocenters. The maximum atomic E-state index is 13.0. The number of likely N-dealkylation sites (tertiary alicyclic amines) is 1. The molecule has 1 saturated heterocycles. The number of nitrogens with zero attached hydrogens (tertiary/aromatic N) is 4. The summed E-state index contributed by atoms with van der Waals surface area (Å²) < 4.78 is 10.9. The molecule has 0 bridgehead atoms. The van der Waals surface area contributed by atoms with Crippen molar-refractivity contribution in [1.82, 2.24) is 14.9 Å². The largest absolute Gasteiger partial charge is 0.497 e. The van der Waals surface area contributed by atoms with Crippen LogP contribution in [-0.4, -0.2) is 52.7 Å². The molecule has 5 rings (SSSR count). The van der Waals surface area contributed by atoms with E-state index in [4.69, 9.17) is 14.7 Å². The molecular weight excluding hydrogens is 534 g/mol. The summed E-state index contributed by atoms with van der Waals surface area (Å²) in [6.07, 6.45) is 3.97. The average Bonchev–Trinajstić information content (AvgIpc) is 3.05. The maximum Gasteiger partial charge on any atom is 0.272 e. The number of ketones is 1. The van der Waals surface area contributed by atoms with Crippen molar-refractivity contribution in [2.75, 3.05) is 25.5 Å². The number of ether oxygens (including phenoxy) is 2. The van der Waals surface area contributed by atoms with Crippen molar-refractivity contribution < 1.29 is 23.9 Å². The van der Waals surface area contributed by atoms with E-state index >= 15 is 0 Å². The molecule has 1 N–H and O–H groups in total. The van der Waals surface area contributed by atoms with Crippen LogP contribution >= 0.6 is 0 Å². The van der Waals surface area contributed by atoms with Crippen molar-refractivity contribution in [1.29, 1.82) is 5.26 Å². The molecule has 42 heavy (non-hydrogen) atoms. The smallest absolute Gasteiger partial charge is 0.272 e. The number of nitrogens with one attached hydrogen (secondary N) is 1. The second-order valence-corrected chi connectivity index (χ2v) is 9.66. The molecule has 0 saturated carbocycles. The Morgan fingerprint density at radius 1 is 0.833 bits per heavy atom. The van der Waals surface area contributed by atoms with Crippen molar-refractivity contribution >= 4 is 23.4 Å². The molecule has 10 nitrogen and oxygen atoms in total. The second-order valence-electron chi connectivity index (χ2n) is 9.66. The summed E-state index contributed by atoms with van der Waals surface area (Å²) in [4.78, 5) is 48.7. The number of Topliss-reactive ketones (excluding diaryl/α,β-unsaturated/α-hetero) is 1. The van der Waals surface area contributed by atoms with E-state index in [9.17, 15) is 14.4 Å². The zero-order chi connectivity index (χ0) is 29.5. The first-order chi connectivity index (χ1) is 20.4. The molecule has 4 aromatic rings. The number of nitriles is 1. The Bertz CT molecular complexity index is 1600. The summed E-state index contributed by atoms with van der Waals surface area (Å²) in [5.74, 6) is 1.30. The van der Waals surface area contributed by atoms with E-state index in [1.165, 1.54) is 24.5 Å². The predicted octanol–water partition coefficient (Wildman–Crippen LogP) is 5.14. The number of benzene rings is 2. The van der Waals surface area contributed by atoms with Gasteiger partial charge in [-0.2, -0.15) is 5.26 Å². The van der Waals surface area contributed by atoms with Crippen LogP contribution < -0.4 is 14.8 Å². The lowest BCUT2D eigenvalue weighted by molar-refractivity contribution is 0.0645. The molecule has 3 heterocycles. The monoisotopic (exact) mass is 561 g/mol. The fourth-order valence-corrected chi connectivity index (χ4v) is 4.59. The van der Waals surface area contributed by atoms with Crippen LogP contribution in [0.15, 0.2) is 85.2 Å². The van der Waals surface area contributed by atoms with E-state index in [0.29, 0.717) is 60.1 Å². The molecule has 210 valence electrons. The number of pyridine rings is 2. The summed E-state index contributed by atoms with van der Waals surface area (Å²) in [5, 5.41) is 11.6. The van der Waals surface area contributed by atoms with Crippen LogP contribution in [0.2, 0.25) is 0 Å². The van der Waals surface area contributed by atoms with E-state index in [-0.39, 0.29) is 28.9 Å². The van der Waals surface area contributed by atoms with Crippen LogP contribution in [0.4, 0.5) is 5.82 Å². The van der Waals surface area contributed by atoms with Gasteiger partial charge in [-0.05, 0) is 85.6 Å². The lowest BCUT2D eigenvalue weighted by Crippen LogP contribution is -2.40. The number of carbonyl (C=O) groups excluding carboxylic acids is 3. The van der Waals surface area contributed by atoms with Crippen LogP contribution in [0.1, 0.15) is 49.6 Å². The minimum absolute atomic E-state index is 0.0706. The molecule has 2 aromatic carbocycles. The molecule has 0 radical (unpaired) electrons. The van der Waals surface area contributed by atoms with Crippen LogP contribution in [-0.2, 0) is 0 Å². The molecule has 2 aromatic heterocycles. The molecule has 1 fully saturated rings. The first kappa shape index (κ1) is 28.0. The molecule has 1 aliphatic heterocycles. The molecular formula is C32H27N5O5. The van der Waals surface area contributed by atoms with Gasteiger partial charge in [0.05, 0.1) is 30.5 Å². The number of hydrogen-bond donors (Lipinski definition) is 1. The average molecular weight is 562 g/mol. The summed E-state index contributed by atoms with van der Waals surface area (Å²) in [6, 6.07) is 22.1. The van der Waals surface area contributed by atoms with Crippen molar-refractivity contribution in [3.05, 3.63) is 108 Å². The number of aromatic nitrogens is 2. The third-order valence-electron chi connectivity index (χ3n) is 6.97. The maximum absolute atomic E-state index is 13.0. The van der Waals surface area contributed by atoms with Crippen LogP contribution in [0, 0.1) is 17.2 Å². The van der Waals surface area contributed by atoms with E-state index in [2.05, 4.69) is 15.3 Å². The third-order valence-corrected chi connectivity index (χ3v) is 6.97. The van der Waals surface area contributed by atoms with E-state index in [1.54, 1.807) is 72.7 Å². The van der Waals surface area contributed by atoms with E-state index in [1.807, 2.05) is 6.07 Å². The number of anilines is 1. The highest BCUT2D eigenvalue weighted by Crippen LogP contribution is 2.25. The van der Waals surface area contributed by atoms with E-state index < -0.39 is 5.91 Å². The van der Waals surface area contributed by atoms with Gasteiger partial charge < -0.3 is 19.7 Å². The highest BCUT2D eigenvalue weighted by Gasteiger charge is 2.29. The lowest BCUT2D eigenvalue weighted by atomic mass is 9.88. The van der Waals surface area contributed by atoms with Crippen LogP contribution in [0.5, 0.6) is 17.2 Å². The Morgan fingerprint density at radius 3 is 2.10 bits per heavy atom. The number of hydrogen-bond acceptors (Lipinski definition) is 8. The van der Waals surface area contributed by atoms with Crippen LogP contribution in [0.3, 0.4) is 0 Å². The molecule has 0 spiro atoms. The highest BCUT2D eigenvalue weighted by atomic mass is 16.5. The van der Waals surface area contributed by atoms with Crippen molar-refractivity contribution in [3.8, 4) is 23.3 Å². The first-order valence-corrected chi connectivity index (χ1v) is 13.3. The summed E-state index contributed by atoms with van der Waals surface area (Å²) in [5.41, 5.74) is 1.67. The highest BCUT2D eigenvalue weighted by molar-refractivity contribution is 6.04. The standard InChI is InChI=1S/C32H27N5O5/c1-41-25-9-4-22(5-10-25)30(38)23-14-16-37(17-15-23)32(40)28-12-6-24(19-34-28)31(39)36-29-13-11-27(20-35-29)42-26-7-2-21(18-33)3-8-26/h2-13,19-20,23H,14-17H2,1H3,(H,35,36,39). The fourth-order valence-electron chi connectivity index (χ4n) is 4.59.